The summed E-state index contributed by atoms with van der Waals surface area (Å²) < 4.78 is 10.7. The maximum absolute atomic E-state index is 12.7. The molecule has 1 amide bonds. The smallest absolute Gasteiger partial charge is 0.241 e. The summed E-state index contributed by atoms with van der Waals surface area (Å²) >= 11 is 0. The third kappa shape index (κ3) is 8.51. The van der Waals surface area contributed by atoms with Crippen LogP contribution in [0.2, 0.25) is 0 Å². The number of aliphatic imine (C=N–C) groups is 1. The molecule has 3 rings (SSSR count). The van der Waals surface area contributed by atoms with Crippen LogP contribution in [0.1, 0.15) is 24.8 Å². The number of carbonyl (C=O) groups is 1. The van der Waals surface area contributed by atoms with E-state index in [9.17, 15) is 4.79 Å². The van der Waals surface area contributed by atoms with E-state index in [-0.39, 0.29) is 29.9 Å². The Kier molecular flexibility index (Phi) is 12.3. The first-order chi connectivity index (χ1) is 15.2. The van der Waals surface area contributed by atoms with Gasteiger partial charge in [-0.05, 0) is 37.2 Å². The van der Waals surface area contributed by atoms with Crippen LogP contribution in [0.3, 0.4) is 0 Å². The molecule has 2 aliphatic rings. The van der Waals surface area contributed by atoms with Crippen molar-refractivity contribution in [3.63, 3.8) is 0 Å². The van der Waals surface area contributed by atoms with Crippen LogP contribution in [-0.2, 0) is 20.7 Å². The van der Waals surface area contributed by atoms with Crippen LogP contribution in [0.5, 0.6) is 0 Å². The summed E-state index contributed by atoms with van der Waals surface area (Å²) in [6, 6.07) is 10.7. The summed E-state index contributed by atoms with van der Waals surface area (Å²) in [6.45, 7) is 5.86. The fraction of sp³-hybridized carbons (Fsp3) is 0.667. The number of halogens is 1. The third-order valence-corrected chi connectivity index (χ3v) is 6.31. The molecule has 1 N–H and O–H groups in total. The molecule has 1 atom stereocenters. The molecule has 1 unspecified atom stereocenters. The predicted octanol–water partition coefficient (Wildman–Crippen LogP) is 2.65. The second-order valence-corrected chi connectivity index (χ2v) is 8.58. The minimum Gasteiger partial charge on any atom is -0.382 e. The van der Waals surface area contributed by atoms with Crippen LogP contribution < -0.4 is 5.32 Å². The average molecular weight is 559 g/mol. The topological polar surface area (TPSA) is 66.4 Å². The highest BCUT2D eigenvalue weighted by atomic mass is 127. The van der Waals surface area contributed by atoms with Gasteiger partial charge in [-0.1, -0.05) is 30.3 Å². The van der Waals surface area contributed by atoms with Gasteiger partial charge in [0, 0.05) is 46.3 Å². The molecule has 2 aliphatic heterocycles. The second kappa shape index (κ2) is 14.7. The van der Waals surface area contributed by atoms with Crippen molar-refractivity contribution in [3.05, 3.63) is 35.9 Å². The maximum Gasteiger partial charge on any atom is 0.241 e. The van der Waals surface area contributed by atoms with E-state index >= 15 is 0 Å². The Morgan fingerprint density at radius 3 is 2.44 bits per heavy atom. The van der Waals surface area contributed by atoms with Gasteiger partial charge in [-0.25, -0.2) is 0 Å². The van der Waals surface area contributed by atoms with Gasteiger partial charge in [0.1, 0.15) is 0 Å². The zero-order valence-electron chi connectivity index (χ0n) is 19.5. The Hall–Kier alpha value is -1.39. The van der Waals surface area contributed by atoms with Gasteiger partial charge in [-0.2, -0.15) is 0 Å². The van der Waals surface area contributed by atoms with E-state index in [1.54, 1.807) is 14.2 Å². The van der Waals surface area contributed by atoms with Crippen molar-refractivity contribution >= 4 is 35.8 Å². The number of hydrogen-bond donors (Lipinski definition) is 1. The zero-order chi connectivity index (χ0) is 21.9. The van der Waals surface area contributed by atoms with E-state index in [1.165, 1.54) is 5.56 Å². The number of nitrogens with one attached hydrogen (secondary N) is 1. The lowest BCUT2D eigenvalue weighted by atomic mass is 9.90. The molecule has 7 nitrogen and oxygen atoms in total. The van der Waals surface area contributed by atoms with Gasteiger partial charge in [0.05, 0.1) is 26.4 Å². The van der Waals surface area contributed by atoms with Gasteiger partial charge in [0.2, 0.25) is 5.91 Å². The van der Waals surface area contributed by atoms with Gasteiger partial charge < -0.3 is 24.6 Å². The van der Waals surface area contributed by atoms with E-state index in [1.807, 2.05) is 4.90 Å². The highest BCUT2D eigenvalue weighted by Crippen LogP contribution is 2.22. The Labute approximate surface area is 209 Å². The van der Waals surface area contributed by atoms with Crippen molar-refractivity contribution < 1.29 is 14.3 Å². The molecule has 8 heteroatoms. The minimum absolute atomic E-state index is 0. The molecule has 0 radical (unpaired) electrons. The molecule has 2 fully saturated rings. The summed E-state index contributed by atoms with van der Waals surface area (Å²) in [5, 5.41) is 3.28. The molecule has 1 aromatic carbocycles. The lowest BCUT2D eigenvalue weighted by Gasteiger charge is -2.32. The van der Waals surface area contributed by atoms with Gasteiger partial charge in [-0.3, -0.25) is 9.79 Å². The quantitative estimate of drug-likeness (QED) is 0.219. The number of likely N-dealkylation sites (tertiary alicyclic amines) is 2. The molecule has 0 aromatic heterocycles. The summed E-state index contributed by atoms with van der Waals surface area (Å²) in [5.41, 5.74) is 1.39. The number of ether oxygens (including phenoxy) is 2. The van der Waals surface area contributed by atoms with Gasteiger partial charge in [0.25, 0.3) is 0 Å². The van der Waals surface area contributed by atoms with E-state index in [2.05, 4.69) is 45.5 Å². The SMILES string of the molecule is CN=C(NCC(=O)N1CCC(Cc2ccccc2)CC1)N1CCC(COCCOC)C1.I. The first-order valence-corrected chi connectivity index (χ1v) is 11.5. The number of hydrogen-bond acceptors (Lipinski definition) is 4. The number of piperidine rings is 1. The number of benzene rings is 1. The molecule has 0 bridgehead atoms. The Morgan fingerprint density at radius 1 is 1.06 bits per heavy atom. The van der Waals surface area contributed by atoms with Crippen molar-refractivity contribution in [2.24, 2.45) is 16.8 Å². The molecule has 0 saturated carbocycles. The summed E-state index contributed by atoms with van der Waals surface area (Å²) in [4.78, 5) is 21.3. The monoisotopic (exact) mass is 558 g/mol. The molecular formula is C24H39IN4O3. The van der Waals surface area contributed by atoms with Crippen molar-refractivity contribution in [2.75, 3.05) is 66.7 Å². The van der Waals surface area contributed by atoms with Crippen molar-refractivity contribution in [1.29, 1.82) is 0 Å². The van der Waals surface area contributed by atoms with Crippen molar-refractivity contribution in [3.8, 4) is 0 Å². The lowest BCUT2D eigenvalue weighted by Crippen LogP contribution is -2.47. The zero-order valence-corrected chi connectivity index (χ0v) is 21.8. The molecule has 0 aliphatic carbocycles. The van der Waals surface area contributed by atoms with Crippen LogP contribution in [0.25, 0.3) is 0 Å². The molecule has 180 valence electrons. The van der Waals surface area contributed by atoms with Gasteiger partial charge >= 0.3 is 0 Å². The molecule has 0 spiro atoms. The highest BCUT2D eigenvalue weighted by molar-refractivity contribution is 14.0. The highest BCUT2D eigenvalue weighted by Gasteiger charge is 2.26. The fourth-order valence-electron chi connectivity index (χ4n) is 4.49. The average Bonchev–Trinajstić information content (AvgIpc) is 3.27. The van der Waals surface area contributed by atoms with Gasteiger partial charge in [0.15, 0.2) is 5.96 Å². The first kappa shape index (κ1) is 26.9. The predicted molar refractivity (Wildman–Crippen MR) is 139 cm³/mol. The summed E-state index contributed by atoms with van der Waals surface area (Å²) in [6.07, 6.45) is 4.34. The largest absolute Gasteiger partial charge is 0.382 e. The summed E-state index contributed by atoms with van der Waals surface area (Å²) in [7, 11) is 3.47. The molecule has 2 saturated heterocycles. The number of carbonyl (C=O) groups excluding carboxylic acids is 1. The van der Waals surface area contributed by atoms with Crippen LogP contribution in [0.15, 0.2) is 35.3 Å². The van der Waals surface area contributed by atoms with E-state index in [0.29, 0.717) is 31.6 Å². The van der Waals surface area contributed by atoms with Crippen molar-refractivity contribution in [2.45, 2.75) is 25.7 Å². The summed E-state index contributed by atoms with van der Waals surface area (Å²) in [5.74, 6) is 2.14. The number of nitrogens with zero attached hydrogens (tertiary/aromatic N) is 3. The van der Waals surface area contributed by atoms with Crippen LogP contribution in [0, 0.1) is 11.8 Å². The normalized spacial score (nSPS) is 19.7. The van der Waals surface area contributed by atoms with E-state index < -0.39 is 0 Å². The van der Waals surface area contributed by atoms with Crippen LogP contribution in [0.4, 0.5) is 0 Å². The Bertz CT molecular complexity index is 696. The number of amides is 1. The Morgan fingerprint density at radius 2 is 1.75 bits per heavy atom. The molecule has 32 heavy (non-hydrogen) atoms. The fourth-order valence-corrected chi connectivity index (χ4v) is 4.49. The second-order valence-electron chi connectivity index (χ2n) is 8.58. The van der Waals surface area contributed by atoms with Gasteiger partial charge in [-0.15, -0.1) is 24.0 Å². The van der Waals surface area contributed by atoms with Crippen LogP contribution in [-0.4, -0.2) is 88.4 Å². The Balaban J connectivity index is 0.00000363. The maximum atomic E-state index is 12.7. The minimum atomic E-state index is 0. The van der Waals surface area contributed by atoms with Crippen molar-refractivity contribution in [1.82, 2.24) is 15.1 Å². The molecule has 1 aromatic rings. The third-order valence-electron chi connectivity index (χ3n) is 6.31. The number of rotatable bonds is 9. The van der Waals surface area contributed by atoms with E-state index in [4.69, 9.17) is 9.47 Å². The lowest BCUT2D eigenvalue weighted by molar-refractivity contribution is -0.131. The number of methoxy groups -OCH3 is 1. The van der Waals surface area contributed by atoms with E-state index in [0.717, 1.165) is 64.4 Å². The molecule has 2 heterocycles. The number of guanidine groups is 1. The molecular weight excluding hydrogens is 519 g/mol. The van der Waals surface area contributed by atoms with Crippen LogP contribution >= 0.6 is 24.0 Å². The first-order valence-electron chi connectivity index (χ1n) is 11.5. The standard InChI is InChI=1S/C24H38N4O3.HI/c1-25-24(28-13-10-22(18-28)19-31-15-14-30-2)26-17-23(29)27-11-8-21(9-12-27)16-20-6-4-3-5-7-20;/h3-7,21-22H,8-19H2,1-2H3,(H,25,26);1H.